The van der Waals surface area contributed by atoms with E-state index in [4.69, 9.17) is 13.6 Å². The quantitative estimate of drug-likeness (QED) is 0.127. The lowest BCUT2D eigenvalue weighted by molar-refractivity contribution is -0.142. The van der Waals surface area contributed by atoms with Crippen LogP contribution in [0.1, 0.15) is 42.4 Å². The van der Waals surface area contributed by atoms with E-state index in [0.29, 0.717) is 23.4 Å². The van der Waals surface area contributed by atoms with E-state index in [1.165, 1.54) is 24.1 Å². The van der Waals surface area contributed by atoms with E-state index in [1.54, 1.807) is 72.8 Å². The zero-order chi connectivity index (χ0) is 35.3. The van der Waals surface area contributed by atoms with Crippen LogP contribution in [-0.2, 0) is 21.6 Å². The first kappa shape index (κ1) is 28.5. The first-order chi connectivity index (χ1) is 23.3. The summed E-state index contributed by atoms with van der Waals surface area (Å²) in [5.41, 5.74) is -1.21. The summed E-state index contributed by atoms with van der Waals surface area (Å²) in [7, 11) is 1.36. The lowest BCUT2D eigenvalue weighted by Gasteiger charge is -2.48. The normalized spacial score (nSPS) is 19.1. The van der Waals surface area contributed by atoms with Gasteiger partial charge in [-0.25, -0.2) is 22.8 Å². The van der Waals surface area contributed by atoms with Gasteiger partial charge in [0.2, 0.25) is 5.91 Å². The van der Waals surface area contributed by atoms with E-state index < -0.39 is 60.2 Å². The van der Waals surface area contributed by atoms with Gasteiger partial charge in [0.05, 0.1) is 17.5 Å². The summed E-state index contributed by atoms with van der Waals surface area (Å²) >= 11 is 0. The van der Waals surface area contributed by atoms with Gasteiger partial charge in [-0.3, -0.25) is 4.79 Å². The molecule has 0 saturated carbocycles. The van der Waals surface area contributed by atoms with Crippen LogP contribution >= 0.6 is 0 Å². The monoisotopic (exact) mass is 633 g/mol. The summed E-state index contributed by atoms with van der Waals surface area (Å²) in [6, 6.07) is 23.8. The minimum Gasteiger partial charge on any atom is -0.450 e. The molecule has 7 nitrogen and oxygen atoms in total. The third-order valence-corrected chi connectivity index (χ3v) is 7.96. The Labute approximate surface area is 269 Å². The number of nitrogens with zero attached hydrogens (tertiary/aromatic N) is 2. The highest BCUT2D eigenvalue weighted by Gasteiger charge is 2.49. The Morgan fingerprint density at radius 2 is 1.54 bits per heavy atom. The van der Waals surface area contributed by atoms with Crippen molar-refractivity contribution in [1.82, 2.24) is 9.80 Å². The molecule has 1 saturated heterocycles. The summed E-state index contributed by atoms with van der Waals surface area (Å²) in [6.07, 6.45) is -0.642. The molecule has 4 aromatic rings. The highest BCUT2D eigenvalue weighted by atomic mass is 19.2. The maximum atomic E-state index is 14.5. The summed E-state index contributed by atoms with van der Waals surface area (Å²) in [6.45, 7) is -2.98. The van der Waals surface area contributed by atoms with Crippen LogP contribution in [-0.4, -0.2) is 61.3 Å². The molecular formula is C36H33F3N2O5. The number of halogens is 3. The summed E-state index contributed by atoms with van der Waals surface area (Å²) in [5.74, 6) is -6.42. The summed E-state index contributed by atoms with van der Waals surface area (Å²) in [4.78, 5) is 42.9. The van der Waals surface area contributed by atoms with Crippen molar-refractivity contribution in [3.05, 3.63) is 137 Å². The van der Waals surface area contributed by atoms with Crippen LogP contribution in [0.5, 0.6) is 5.75 Å². The zero-order valence-electron chi connectivity index (χ0n) is 27.9. The van der Waals surface area contributed by atoms with Gasteiger partial charge >= 0.3 is 11.9 Å². The Hall–Kier alpha value is -4.96. The fourth-order valence-corrected chi connectivity index (χ4v) is 5.68. The van der Waals surface area contributed by atoms with Crippen LogP contribution in [0.3, 0.4) is 0 Å². The molecule has 0 aliphatic carbocycles. The summed E-state index contributed by atoms with van der Waals surface area (Å²) < 4.78 is 77.9. The first-order valence-electron chi connectivity index (χ1n) is 16.1. The molecule has 10 heteroatoms. The molecule has 0 radical (unpaired) electrons. The van der Waals surface area contributed by atoms with Crippen LogP contribution in [0.4, 0.5) is 13.2 Å². The van der Waals surface area contributed by atoms with Gasteiger partial charge in [-0.05, 0) is 62.1 Å². The van der Waals surface area contributed by atoms with Gasteiger partial charge in [-0.1, -0.05) is 48.5 Å². The van der Waals surface area contributed by atoms with Crippen molar-refractivity contribution >= 4 is 17.8 Å². The SMILES string of the molecule is [2H]C([2H])([2H])N(C)C[C@@H]1CN(C(=O)Cc2cc(F)c(F)cc2F)CC[C@@]1(OC(=O)c1ccccc1)c1cccc(C(=O)Oc2ccccc2)c1. The number of hydrogen-bond donors (Lipinski definition) is 0. The Morgan fingerprint density at radius 3 is 2.26 bits per heavy atom. The van der Waals surface area contributed by atoms with Gasteiger partial charge in [0, 0.05) is 47.7 Å². The molecule has 2 atom stereocenters. The molecule has 1 aliphatic rings. The van der Waals surface area contributed by atoms with Crippen molar-refractivity contribution in [2.75, 3.05) is 33.7 Å². The van der Waals surface area contributed by atoms with Crippen molar-refractivity contribution in [2.45, 2.75) is 18.4 Å². The molecule has 0 N–H and O–H groups in total. The van der Waals surface area contributed by atoms with Gasteiger partial charge in [0.25, 0.3) is 0 Å². The number of para-hydroxylation sites is 1. The number of rotatable bonds is 9. The van der Waals surface area contributed by atoms with Gasteiger partial charge < -0.3 is 19.3 Å². The fourth-order valence-electron chi connectivity index (χ4n) is 5.68. The van der Waals surface area contributed by atoms with Crippen LogP contribution in [0.25, 0.3) is 0 Å². The average Bonchev–Trinajstić information content (AvgIpc) is 3.08. The van der Waals surface area contributed by atoms with E-state index in [0.717, 1.165) is 4.90 Å². The molecule has 0 unspecified atom stereocenters. The minimum absolute atomic E-state index is 0.0428. The molecule has 1 fully saturated rings. The molecule has 1 aliphatic heterocycles. The Kier molecular flexibility index (Phi) is 8.67. The molecular weight excluding hydrogens is 597 g/mol. The Balaban J connectivity index is 1.54. The second kappa shape index (κ2) is 14.0. The van der Waals surface area contributed by atoms with Crippen molar-refractivity contribution in [1.29, 1.82) is 0 Å². The number of carbonyl (C=O) groups excluding carboxylic acids is 3. The predicted molar refractivity (Wildman–Crippen MR) is 165 cm³/mol. The molecule has 5 rings (SSSR count). The second-order valence-corrected chi connectivity index (χ2v) is 11.1. The fraction of sp³-hybridized carbons (Fsp3) is 0.250. The molecule has 46 heavy (non-hydrogen) atoms. The van der Waals surface area contributed by atoms with Gasteiger partial charge in [0.1, 0.15) is 17.2 Å². The van der Waals surface area contributed by atoms with E-state index in [2.05, 4.69) is 0 Å². The first-order valence-corrected chi connectivity index (χ1v) is 14.6. The predicted octanol–water partition coefficient (Wildman–Crippen LogP) is 6.03. The van der Waals surface area contributed by atoms with Crippen LogP contribution in [0.15, 0.2) is 97.1 Å². The number of likely N-dealkylation sites (tertiary alicyclic amines) is 1. The van der Waals surface area contributed by atoms with E-state index in [-0.39, 0.29) is 42.7 Å². The Morgan fingerprint density at radius 1 is 0.870 bits per heavy atom. The number of carbonyl (C=O) groups is 3. The number of esters is 2. The zero-order valence-corrected chi connectivity index (χ0v) is 24.9. The molecule has 1 amide bonds. The molecule has 0 spiro atoms. The third kappa shape index (κ3) is 7.29. The lowest BCUT2D eigenvalue weighted by atomic mass is 9.74. The van der Waals surface area contributed by atoms with Crippen molar-refractivity contribution in [3.63, 3.8) is 0 Å². The molecule has 1 heterocycles. The maximum absolute atomic E-state index is 14.5. The second-order valence-electron chi connectivity index (χ2n) is 11.1. The van der Waals surface area contributed by atoms with Crippen LogP contribution in [0.2, 0.25) is 0 Å². The molecule has 0 aromatic heterocycles. The molecule has 238 valence electrons. The highest BCUT2D eigenvalue weighted by Crippen LogP contribution is 2.43. The lowest BCUT2D eigenvalue weighted by Crippen LogP contribution is -2.56. The van der Waals surface area contributed by atoms with Crippen molar-refractivity contribution in [2.24, 2.45) is 5.92 Å². The molecule has 0 bridgehead atoms. The van der Waals surface area contributed by atoms with Crippen LogP contribution < -0.4 is 4.74 Å². The minimum atomic E-state index is -2.57. The third-order valence-electron chi connectivity index (χ3n) is 7.96. The summed E-state index contributed by atoms with van der Waals surface area (Å²) in [5, 5.41) is 0. The topological polar surface area (TPSA) is 76.2 Å². The van der Waals surface area contributed by atoms with Gasteiger partial charge in [0.15, 0.2) is 11.6 Å². The smallest absolute Gasteiger partial charge is 0.343 e. The van der Waals surface area contributed by atoms with E-state index in [9.17, 15) is 27.6 Å². The van der Waals surface area contributed by atoms with E-state index >= 15 is 0 Å². The van der Waals surface area contributed by atoms with Gasteiger partial charge in [-0.2, -0.15) is 0 Å². The van der Waals surface area contributed by atoms with Crippen LogP contribution in [0, 0.1) is 23.4 Å². The largest absolute Gasteiger partial charge is 0.450 e. The number of hydrogen-bond acceptors (Lipinski definition) is 6. The van der Waals surface area contributed by atoms with Gasteiger partial charge in [-0.15, -0.1) is 0 Å². The van der Waals surface area contributed by atoms with Crippen molar-refractivity contribution in [3.8, 4) is 5.75 Å². The number of benzene rings is 4. The molecule has 4 aromatic carbocycles. The maximum Gasteiger partial charge on any atom is 0.343 e. The average molecular weight is 634 g/mol. The van der Waals surface area contributed by atoms with Crippen molar-refractivity contribution < 1.29 is 41.1 Å². The highest BCUT2D eigenvalue weighted by molar-refractivity contribution is 5.92. The number of amides is 1. The van der Waals surface area contributed by atoms with E-state index in [1.807, 2.05) is 0 Å². The Bertz CT molecular complexity index is 1830. The number of ether oxygens (including phenoxy) is 2. The number of piperidine rings is 1. The standard InChI is InChI=1S/C36H33F3N2O5/c1-40(2)22-28-23-41(33(42)20-26-19-31(38)32(39)21-30(26)37)17-16-36(28,46-35(44)24-10-5-3-6-11-24)27-13-9-12-25(18-27)34(43)45-29-14-7-4-8-15-29/h3-15,18-19,21,28H,16-17,20,22-23H2,1-2H3/t28-,36-/m1/s1/i1D3.